The molecule has 2 N–H and O–H groups in total. The molecule has 0 saturated heterocycles. The smallest absolute Gasteiger partial charge is 0.416 e. The molecule has 0 radical (unpaired) electrons. The molecule has 0 saturated carbocycles. The van der Waals surface area contributed by atoms with Crippen LogP contribution in [0, 0.1) is 0 Å². The van der Waals surface area contributed by atoms with Crippen LogP contribution in [0.3, 0.4) is 0 Å². The van der Waals surface area contributed by atoms with Crippen LogP contribution in [0.1, 0.15) is 23.0 Å². The number of nitrogens with one attached hydrogen (secondary N) is 1. The van der Waals surface area contributed by atoms with E-state index in [2.05, 4.69) is 10.4 Å². The number of aromatic hydroxyl groups is 1. The SMILES string of the molecule is CCS(=O)(=O)c1ccc(O)c(NC(=O)c2ccn(COc3cccc(C(F)(F)F)c3)n2)c1. The summed E-state index contributed by atoms with van der Waals surface area (Å²) in [4.78, 5) is 12.4. The number of hydrogen-bond acceptors (Lipinski definition) is 6. The van der Waals surface area contributed by atoms with E-state index in [0.29, 0.717) is 0 Å². The highest BCUT2D eigenvalue weighted by molar-refractivity contribution is 7.91. The van der Waals surface area contributed by atoms with Gasteiger partial charge in [-0.3, -0.25) is 4.79 Å². The van der Waals surface area contributed by atoms with Crippen molar-refractivity contribution in [2.75, 3.05) is 11.1 Å². The molecule has 1 heterocycles. The van der Waals surface area contributed by atoms with Crippen LogP contribution in [0.25, 0.3) is 0 Å². The van der Waals surface area contributed by atoms with E-state index in [-0.39, 0.29) is 40.3 Å². The number of carbonyl (C=O) groups is 1. The minimum Gasteiger partial charge on any atom is -0.506 e. The first-order valence-electron chi connectivity index (χ1n) is 9.20. The first-order valence-corrected chi connectivity index (χ1v) is 10.9. The Morgan fingerprint density at radius 3 is 2.62 bits per heavy atom. The van der Waals surface area contributed by atoms with E-state index in [1.54, 1.807) is 0 Å². The van der Waals surface area contributed by atoms with Crippen LogP contribution in [-0.4, -0.2) is 35.0 Å². The van der Waals surface area contributed by atoms with Gasteiger partial charge >= 0.3 is 6.18 Å². The van der Waals surface area contributed by atoms with Crippen molar-refractivity contribution < 1.29 is 36.2 Å². The molecule has 3 rings (SSSR count). The van der Waals surface area contributed by atoms with Crippen molar-refractivity contribution in [1.29, 1.82) is 0 Å². The minimum atomic E-state index is -4.50. The molecule has 0 fully saturated rings. The van der Waals surface area contributed by atoms with Gasteiger partial charge in [0, 0.05) is 6.20 Å². The zero-order valence-electron chi connectivity index (χ0n) is 16.6. The number of amides is 1. The standard InChI is InChI=1S/C20H18F3N3O5S/c1-2-32(29,30)15-6-7-18(27)17(11-15)24-19(28)16-8-9-26(25-16)12-31-14-5-3-4-13(10-14)20(21,22)23/h3-11,27H,2,12H2,1H3,(H,24,28). The van der Waals surface area contributed by atoms with Gasteiger partial charge in [-0.1, -0.05) is 13.0 Å². The normalized spacial score (nSPS) is 11.9. The summed E-state index contributed by atoms with van der Waals surface area (Å²) in [6.07, 6.45) is -3.13. The summed E-state index contributed by atoms with van der Waals surface area (Å²) < 4.78 is 68.8. The number of phenols is 1. The Hall–Kier alpha value is -3.54. The molecule has 1 amide bonds. The Balaban J connectivity index is 1.69. The van der Waals surface area contributed by atoms with Gasteiger partial charge in [0.05, 0.1) is 21.9 Å². The van der Waals surface area contributed by atoms with Crippen molar-refractivity contribution in [2.45, 2.75) is 24.7 Å². The largest absolute Gasteiger partial charge is 0.506 e. The van der Waals surface area contributed by atoms with Crippen LogP contribution >= 0.6 is 0 Å². The van der Waals surface area contributed by atoms with Crippen LogP contribution < -0.4 is 10.1 Å². The first kappa shape index (κ1) is 23.1. The van der Waals surface area contributed by atoms with Crippen molar-refractivity contribution in [1.82, 2.24) is 9.78 Å². The Morgan fingerprint density at radius 2 is 1.94 bits per heavy atom. The predicted molar refractivity (Wildman–Crippen MR) is 108 cm³/mol. The average molecular weight is 469 g/mol. The number of halogens is 3. The summed E-state index contributed by atoms with van der Waals surface area (Å²) in [5.74, 6) is -1.24. The number of ether oxygens (including phenoxy) is 1. The summed E-state index contributed by atoms with van der Waals surface area (Å²) in [5.41, 5.74) is -1.05. The number of benzene rings is 2. The first-order chi connectivity index (χ1) is 15.0. The molecule has 3 aromatic rings. The van der Waals surface area contributed by atoms with E-state index < -0.39 is 27.5 Å². The fourth-order valence-electron chi connectivity index (χ4n) is 2.62. The van der Waals surface area contributed by atoms with Crippen LogP contribution in [-0.2, 0) is 22.7 Å². The maximum atomic E-state index is 12.8. The number of nitrogens with zero attached hydrogens (tertiary/aromatic N) is 2. The van der Waals surface area contributed by atoms with E-state index in [4.69, 9.17) is 4.74 Å². The van der Waals surface area contributed by atoms with Crippen molar-refractivity contribution in [3.05, 3.63) is 66.0 Å². The number of sulfone groups is 1. The van der Waals surface area contributed by atoms with Crippen LogP contribution in [0.2, 0.25) is 0 Å². The van der Waals surface area contributed by atoms with Gasteiger partial charge in [-0.25, -0.2) is 13.1 Å². The van der Waals surface area contributed by atoms with Crippen LogP contribution in [0.4, 0.5) is 18.9 Å². The number of aromatic nitrogens is 2. The maximum Gasteiger partial charge on any atom is 0.416 e. The van der Waals surface area contributed by atoms with Gasteiger partial charge in [0.1, 0.15) is 11.5 Å². The van der Waals surface area contributed by atoms with Gasteiger partial charge in [-0.2, -0.15) is 18.3 Å². The lowest BCUT2D eigenvalue weighted by Crippen LogP contribution is -2.15. The second-order valence-corrected chi connectivity index (χ2v) is 8.85. The predicted octanol–water partition coefficient (Wildman–Crippen LogP) is 3.69. The molecule has 2 aromatic carbocycles. The Labute approximate surface area is 181 Å². The topological polar surface area (TPSA) is 111 Å². The van der Waals surface area contributed by atoms with Gasteiger partial charge in [0.15, 0.2) is 22.3 Å². The van der Waals surface area contributed by atoms with Gasteiger partial charge < -0.3 is 15.2 Å². The van der Waals surface area contributed by atoms with E-state index in [0.717, 1.165) is 24.3 Å². The number of anilines is 1. The van der Waals surface area contributed by atoms with Crippen molar-refractivity contribution >= 4 is 21.4 Å². The fraction of sp³-hybridized carbons (Fsp3) is 0.200. The molecule has 0 aliphatic rings. The molecule has 1 aromatic heterocycles. The van der Waals surface area contributed by atoms with Crippen LogP contribution in [0.15, 0.2) is 59.6 Å². The highest BCUT2D eigenvalue weighted by Crippen LogP contribution is 2.31. The molecule has 12 heteroatoms. The van der Waals surface area contributed by atoms with Gasteiger partial charge in [-0.05, 0) is 42.5 Å². The third kappa shape index (κ3) is 5.38. The number of rotatable bonds is 7. The second-order valence-electron chi connectivity index (χ2n) is 6.58. The van der Waals surface area contributed by atoms with Crippen molar-refractivity contribution in [2.24, 2.45) is 0 Å². The van der Waals surface area contributed by atoms with E-state index in [1.165, 1.54) is 42.1 Å². The molecule has 32 heavy (non-hydrogen) atoms. The summed E-state index contributed by atoms with van der Waals surface area (Å²) >= 11 is 0. The third-order valence-corrected chi connectivity index (χ3v) is 6.09. The van der Waals surface area contributed by atoms with E-state index >= 15 is 0 Å². The summed E-state index contributed by atoms with van der Waals surface area (Å²) in [6, 6.07) is 9.17. The van der Waals surface area contributed by atoms with Gasteiger partial charge in [0.2, 0.25) is 0 Å². The number of phenolic OH excluding ortho intramolecular Hbond substituents is 1. The lowest BCUT2D eigenvalue weighted by molar-refractivity contribution is -0.137. The molecule has 0 unspecified atom stereocenters. The fourth-order valence-corrected chi connectivity index (χ4v) is 3.53. The maximum absolute atomic E-state index is 12.8. The third-order valence-electron chi connectivity index (χ3n) is 4.35. The average Bonchev–Trinajstić information content (AvgIpc) is 3.22. The molecular formula is C20H18F3N3O5S. The highest BCUT2D eigenvalue weighted by atomic mass is 32.2. The number of hydrogen-bond donors (Lipinski definition) is 2. The zero-order chi connectivity index (χ0) is 23.5. The van der Waals surface area contributed by atoms with Gasteiger partial charge in [0.25, 0.3) is 5.91 Å². The summed E-state index contributed by atoms with van der Waals surface area (Å²) in [6.45, 7) is 1.21. The van der Waals surface area contributed by atoms with Gasteiger partial charge in [-0.15, -0.1) is 0 Å². The number of carbonyl (C=O) groups excluding carboxylic acids is 1. The molecule has 0 aliphatic carbocycles. The van der Waals surface area contributed by atoms with E-state index in [1.807, 2.05) is 0 Å². The molecule has 0 bridgehead atoms. The monoisotopic (exact) mass is 469 g/mol. The zero-order valence-corrected chi connectivity index (χ0v) is 17.4. The van der Waals surface area contributed by atoms with Crippen molar-refractivity contribution in [3.8, 4) is 11.5 Å². The quantitative estimate of drug-likeness (QED) is 0.511. The summed E-state index contributed by atoms with van der Waals surface area (Å²) in [5, 5.41) is 16.3. The second kappa shape index (κ2) is 8.91. The Morgan fingerprint density at radius 1 is 1.19 bits per heavy atom. The lowest BCUT2D eigenvalue weighted by Gasteiger charge is -2.10. The molecule has 0 spiro atoms. The van der Waals surface area contributed by atoms with Crippen LogP contribution in [0.5, 0.6) is 11.5 Å². The van der Waals surface area contributed by atoms with Crippen molar-refractivity contribution in [3.63, 3.8) is 0 Å². The van der Waals surface area contributed by atoms with E-state index in [9.17, 15) is 31.5 Å². The summed E-state index contributed by atoms with van der Waals surface area (Å²) in [7, 11) is -3.55. The molecule has 8 nitrogen and oxygen atoms in total. The Bertz CT molecular complexity index is 1240. The molecule has 0 aliphatic heterocycles. The Kier molecular flexibility index (Phi) is 6.44. The molecule has 0 atom stereocenters. The molecule has 170 valence electrons. The highest BCUT2D eigenvalue weighted by Gasteiger charge is 2.30. The minimum absolute atomic E-state index is 0.0276. The molecular weight excluding hydrogens is 451 g/mol. The lowest BCUT2D eigenvalue weighted by atomic mass is 10.2. The number of alkyl halides is 3.